The quantitative estimate of drug-likeness (QED) is 0.793. The van der Waals surface area contributed by atoms with Gasteiger partial charge in [-0.3, -0.25) is 4.79 Å². The Morgan fingerprint density at radius 2 is 2.05 bits per heavy atom. The van der Waals surface area contributed by atoms with Gasteiger partial charge in [0, 0.05) is 11.6 Å². The van der Waals surface area contributed by atoms with Crippen LogP contribution in [0.25, 0.3) is 0 Å². The molecule has 1 fully saturated rings. The molecule has 0 atom stereocenters. The molecule has 0 saturated heterocycles. The summed E-state index contributed by atoms with van der Waals surface area (Å²) in [6, 6.07) is 7.75. The van der Waals surface area contributed by atoms with Crippen LogP contribution in [0.1, 0.15) is 44.1 Å². The molecular formula is C16H23ClN2O. The second-order valence-corrected chi connectivity index (χ2v) is 5.99. The van der Waals surface area contributed by atoms with Crippen LogP contribution in [0.4, 0.5) is 0 Å². The van der Waals surface area contributed by atoms with Gasteiger partial charge in [0.05, 0.1) is 5.41 Å². The maximum atomic E-state index is 12.7. The van der Waals surface area contributed by atoms with Crippen molar-refractivity contribution in [2.45, 2.75) is 43.9 Å². The molecule has 0 radical (unpaired) electrons. The van der Waals surface area contributed by atoms with Crippen molar-refractivity contribution >= 4 is 17.5 Å². The van der Waals surface area contributed by atoms with E-state index < -0.39 is 0 Å². The Bertz CT molecular complexity index is 456. The van der Waals surface area contributed by atoms with Gasteiger partial charge in [-0.05, 0) is 49.9 Å². The van der Waals surface area contributed by atoms with E-state index in [9.17, 15) is 4.79 Å². The maximum Gasteiger partial charge on any atom is 0.230 e. The SMILES string of the molecule is NCCCCNC(=O)C1(c2cccc(Cl)c2)CCCC1. The van der Waals surface area contributed by atoms with Crippen molar-refractivity contribution in [3.63, 3.8) is 0 Å². The number of nitrogens with two attached hydrogens (primary N) is 1. The molecule has 0 aromatic heterocycles. The summed E-state index contributed by atoms with van der Waals surface area (Å²) in [5.74, 6) is 0.147. The molecule has 110 valence electrons. The van der Waals surface area contributed by atoms with E-state index in [1.807, 2.05) is 24.3 Å². The van der Waals surface area contributed by atoms with Crippen LogP contribution in [0.5, 0.6) is 0 Å². The predicted octanol–water partition coefficient (Wildman–Crippen LogP) is 3.01. The zero-order valence-corrected chi connectivity index (χ0v) is 12.6. The van der Waals surface area contributed by atoms with Gasteiger partial charge in [0.2, 0.25) is 5.91 Å². The summed E-state index contributed by atoms with van der Waals surface area (Å²) in [5.41, 5.74) is 6.15. The normalized spacial score (nSPS) is 17.1. The minimum atomic E-state index is -0.381. The van der Waals surface area contributed by atoms with Crippen LogP contribution in [-0.2, 0) is 10.2 Å². The smallest absolute Gasteiger partial charge is 0.230 e. The van der Waals surface area contributed by atoms with Gasteiger partial charge < -0.3 is 11.1 Å². The molecule has 0 spiro atoms. The van der Waals surface area contributed by atoms with Crippen molar-refractivity contribution < 1.29 is 4.79 Å². The van der Waals surface area contributed by atoms with E-state index in [-0.39, 0.29) is 11.3 Å². The minimum absolute atomic E-state index is 0.147. The van der Waals surface area contributed by atoms with Gasteiger partial charge in [-0.25, -0.2) is 0 Å². The largest absolute Gasteiger partial charge is 0.355 e. The number of amides is 1. The summed E-state index contributed by atoms with van der Waals surface area (Å²) >= 11 is 6.09. The summed E-state index contributed by atoms with van der Waals surface area (Å²) < 4.78 is 0. The van der Waals surface area contributed by atoms with Gasteiger partial charge in [0.15, 0.2) is 0 Å². The Hall–Kier alpha value is -1.06. The molecule has 4 heteroatoms. The van der Waals surface area contributed by atoms with Crippen LogP contribution in [-0.4, -0.2) is 19.0 Å². The molecule has 3 nitrogen and oxygen atoms in total. The van der Waals surface area contributed by atoms with Gasteiger partial charge in [-0.1, -0.05) is 36.6 Å². The molecule has 3 N–H and O–H groups in total. The molecular weight excluding hydrogens is 272 g/mol. The maximum absolute atomic E-state index is 12.7. The lowest BCUT2D eigenvalue weighted by Gasteiger charge is -2.28. The topological polar surface area (TPSA) is 55.1 Å². The number of carbonyl (C=O) groups is 1. The number of rotatable bonds is 6. The van der Waals surface area contributed by atoms with Crippen LogP contribution in [0.2, 0.25) is 5.02 Å². The average Bonchev–Trinajstić information content (AvgIpc) is 2.94. The van der Waals surface area contributed by atoms with E-state index >= 15 is 0 Å². The third-order valence-corrected chi connectivity index (χ3v) is 4.42. The van der Waals surface area contributed by atoms with Gasteiger partial charge in [0.1, 0.15) is 0 Å². The Kier molecular flexibility index (Phi) is 5.44. The zero-order chi connectivity index (χ0) is 14.4. The number of halogens is 1. The lowest BCUT2D eigenvalue weighted by molar-refractivity contribution is -0.126. The highest BCUT2D eigenvalue weighted by molar-refractivity contribution is 6.30. The molecule has 1 aromatic rings. The molecule has 0 heterocycles. The second-order valence-electron chi connectivity index (χ2n) is 5.55. The van der Waals surface area contributed by atoms with Gasteiger partial charge in [-0.2, -0.15) is 0 Å². The van der Waals surface area contributed by atoms with Crippen molar-refractivity contribution in [3.8, 4) is 0 Å². The molecule has 2 rings (SSSR count). The number of benzene rings is 1. The standard InChI is InChI=1S/C16H23ClN2O/c17-14-7-5-6-13(12-14)16(8-1-2-9-16)15(20)19-11-4-3-10-18/h5-7,12H,1-4,8-11,18H2,(H,19,20). The van der Waals surface area contributed by atoms with Gasteiger partial charge in [0.25, 0.3) is 0 Å². The van der Waals surface area contributed by atoms with Crippen molar-refractivity contribution in [1.82, 2.24) is 5.32 Å². The molecule has 0 unspecified atom stereocenters. The highest BCUT2D eigenvalue weighted by atomic mass is 35.5. The first-order valence-electron chi connectivity index (χ1n) is 7.43. The van der Waals surface area contributed by atoms with Crippen LogP contribution >= 0.6 is 11.6 Å². The first kappa shape index (κ1) is 15.3. The Balaban J connectivity index is 2.11. The number of hydrogen-bond acceptors (Lipinski definition) is 2. The van der Waals surface area contributed by atoms with E-state index in [2.05, 4.69) is 5.32 Å². The highest BCUT2D eigenvalue weighted by Gasteiger charge is 2.42. The molecule has 1 saturated carbocycles. The fraction of sp³-hybridized carbons (Fsp3) is 0.562. The Labute approximate surface area is 125 Å². The van der Waals surface area contributed by atoms with Crippen LogP contribution < -0.4 is 11.1 Å². The fourth-order valence-corrected chi connectivity index (χ4v) is 3.24. The number of nitrogens with one attached hydrogen (secondary N) is 1. The Morgan fingerprint density at radius 1 is 1.30 bits per heavy atom. The van der Waals surface area contributed by atoms with Gasteiger partial charge >= 0.3 is 0 Å². The third-order valence-electron chi connectivity index (χ3n) is 4.19. The minimum Gasteiger partial charge on any atom is -0.355 e. The second kappa shape index (κ2) is 7.09. The van der Waals surface area contributed by atoms with E-state index in [1.54, 1.807) is 0 Å². The molecule has 1 aliphatic rings. The van der Waals surface area contributed by atoms with Gasteiger partial charge in [-0.15, -0.1) is 0 Å². The van der Waals surface area contributed by atoms with Crippen LogP contribution in [0.15, 0.2) is 24.3 Å². The van der Waals surface area contributed by atoms with Crippen molar-refractivity contribution in [2.24, 2.45) is 5.73 Å². The summed E-state index contributed by atoms with van der Waals surface area (Å²) in [6.07, 6.45) is 5.91. The molecule has 0 aliphatic heterocycles. The Morgan fingerprint density at radius 3 is 2.70 bits per heavy atom. The molecule has 20 heavy (non-hydrogen) atoms. The van der Waals surface area contributed by atoms with Crippen LogP contribution in [0.3, 0.4) is 0 Å². The first-order valence-corrected chi connectivity index (χ1v) is 7.81. The number of carbonyl (C=O) groups excluding carboxylic acids is 1. The lowest BCUT2D eigenvalue weighted by Crippen LogP contribution is -2.43. The van der Waals surface area contributed by atoms with E-state index in [1.165, 1.54) is 0 Å². The highest BCUT2D eigenvalue weighted by Crippen LogP contribution is 2.42. The number of unbranched alkanes of at least 4 members (excludes halogenated alkanes) is 1. The predicted molar refractivity (Wildman–Crippen MR) is 82.9 cm³/mol. The average molecular weight is 295 g/mol. The van der Waals surface area contributed by atoms with Crippen molar-refractivity contribution in [2.75, 3.05) is 13.1 Å². The molecule has 1 aromatic carbocycles. The first-order chi connectivity index (χ1) is 9.69. The summed E-state index contributed by atoms with van der Waals surface area (Å²) in [6.45, 7) is 1.38. The van der Waals surface area contributed by atoms with E-state index in [4.69, 9.17) is 17.3 Å². The molecule has 0 bridgehead atoms. The van der Waals surface area contributed by atoms with E-state index in [0.717, 1.165) is 44.1 Å². The summed E-state index contributed by atoms with van der Waals surface area (Å²) in [5, 5.41) is 3.78. The fourth-order valence-electron chi connectivity index (χ4n) is 3.05. The summed E-state index contributed by atoms with van der Waals surface area (Å²) in [4.78, 5) is 12.7. The monoisotopic (exact) mass is 294 g/mol. The van der Waals surface area contributed by atoms with Crippen LogP contribution in [0, 0.1) is 0 Å². The van der Waals surface area contributed by atoms with Crippen molar-refractivity contribution in [1.29, 1.82) is 0 Å². The number of hydrogen-bond donors (Lipinski definition) is 2. The zero-order valence-electron chi connectivity index (χ0n) is 11.8. The third kappa shape index (κ3) is 3.33. The lowest BCUT2D eigenvalue weighted by atomic mass is 9.78. The van der Waals surface area contributed by atoms with Crippen molar-refractivity contribution in [3.05, 3.63) is 34.9 Å². The van der Waals surface area contributed by atoms with E-state index in [0.29, 0.717) is 18.1 Å². The molecule has 1 amide bonds. The summed E-state index contributed by atoms with van der Waals surface area (Å²) in [7, 11) is 0. The molecule has 1 aliphatic carbocycles.